The van der Waals surface area contributed by atoms with Gasteiger partial charge < -0.3 is 10.6 Å². The third kappa shape index (κ3) is 5.23. The lowest BCUT2D eigenvalue weighted by Gasteiger charge is -2.09. The fourth-order valence-corrected chi connectivity index (χ4v) is 2.45. The van der Waals surface area contributed by atoms with Crippen molar-refractivity contribution in [3.63, 3.8) is 0 Å². The quantitative estimate of drug-likeness (QED) is 0.515. The van der Waals surface area contributed by atoms with Gasteiger partial charge in [0.2, 0.25) is 11.8 Å². The third-order valence-electron chi connectivity index (χ3n) is 3.31. The molecule has 138 valence electrons. The monoisotopic (exact) mass is 433 g/mol. The summed E-state index contributed by atoms with van der Waals surface area (Å²) in [6.07, 6.45) is 0.865. The van der Waals surface area contributed by atoms with Crippen LogP contribution in [-0.2, 0) is 16.1 Å². The minimum absolute atomic E-state index is 0.366. The molecule has 27 heavy (non-hydrogen) atoms. The molecule has 0 fully saturated rings. The van der Waals surface area contributed by atoms with Crippen molar-refractivity contribution in [1.82, 2.24) is 9.88 Å². The average molecular weight is 434 g/mol. The Hall–Kier alpha value is -3.52. The van der Waals surface area contributed by atoms with Gasteiger partial charge in [0, 0.05) is 10.5 Å². The summed E-state index contributed by atoms with van der Waals surface area (Å²) in [7, 11) is 0. The van der Waals surface area contributed by atoms with Gasteiger partial charge in [-0.3, -0.25) is 29.1 Å². The maximum absolute atomic E-state index is 12.0. The number of rotatable bonds is 6. The lowest BCUT2D eigenvalue weighted by Crippen LogP contribution is -2.37. The molecule has 1 aromatic carbocycles. The number of para-hydroxylation sites is 1. The van der Waals surface area contributed by atoms with E-state index in [2.05, 4.69) is 26.6 Å². The molecule has 0 aliphatic rings. The molecule has 0 saturated carbocycles. The van der Waals surface area contributed by atoms with E-state index in [1.807, 2.05) is 0 Å². The molecule has 0 atom stereocenters. The molecule has 0 aliphatic heterocycles. The van der Waals surface area contributed by atoms with Crippen molar-refractivity contribution < 1.29 is 14.5 Å². The number of nitro groups is 1. The molecular formula is C16H12BrN5O5. The molecule has 1 aromatic heterocycles. The topological polar surface area (TPSA) is 147 Å². The number of nitrogens with one attached hydrogen (secondary N) is 2. The highest BCUT2D eigenvalue weighted by Gasteiger charge is 2.16. The van der Waals surface area contributed by atoms with Crippen molar-refractivity contribution in [3.05, 3.63) is 67.0 Å². The van der Waals surface area contributed by atoms with E-state index >= 15 is 0 Å². The number of anilines is 1. The van der Waals surface area contributed by atoms with E-state index in [0.29, 0.717) is 10.2 Å². The van der Waals surface area contributed by atoms with Crippen LogP contribution in [0.25, 0.3) is 0 Å². The smallest absolute Gasteiger partial charge is 0.287 e. The van der Waals surface area contributed by atoms with Gasteiger partial charge in [0.05, 0.1) is 23.4 Å². The van der Waals surface area contributed by atoms with Gasteiger partial charge >= 0.3 is 0 Å². The SMILES string of the molecule is N#Cc1cc([N+](=O)[O-])cn(CC(=O)NCC(=O)Nc2ccccc2Br)c1=O. The van der Waals surface area contributed by atoms with Gasteiger partial charge in [0.25, 0.3) is 11.2 Å². The first-order valence-electron chi connectivity index (χ1n) is 7.42. The average Bonchev–Trinajstić information content (AvgIpc) is 2.63. The molecule has 1 heterocycles. The van der Waals surface area contributed by atoms with Gasteiger partial charge in [-0.15, -0.1) is 0 Å². The number of amides is 2. The fourth-order valence-electron chi connectivity index (χ4n) is 2.06. The van der Waals surface area contributed by atoms with Crippen molar-refractivity contribution in [2.75, 3.05) is 11.9 Å². The zero-order valence-corrected chi connectivity index (χ0v) is 15.2. The van der Waals surface area contributed by atoms with Gasteiger partial charge in [0.1, 0.15) is 18.2 Å². The fraction of sp³-hybridized carbons (Fsp3) is 0.125. The molecule has 2 aromatic rings. The van der Waals surface area contributed by atoms with Crippen LogP contribution >= 0.6 is 15.9 Å². The summed E-state index contributed by atoms with van der Waals surface area (Å²) in [4.78, 5) is 45.9. The highest BCUT2D eigenvalue weighted by Crippen LogP contribution is 2.20. The van der Waals surface area contributed by atoms with Gasteiger partial charge in [-0.2, -0.15) is 5.26 Å². The largest absolute Gasteiger partial charge is 0.345 e. The van der Waals surface area contributed by atoms with E-state index in [9.17, 15) is 24.5 Å². The van der Waals surface area contributed by atoms with Crippen LogP contribution < -0.4 is 16.2 Å². The summed E-state index contributed by atoms with van der Waals surface area (Å²) in [6, 6.07) is 9.27. The zero-order chi connectivity index (χ0) is 20.0. The Kier molecular flexibility index (Phi) is 6.40. The number of hydrogen-bond donors (Lipinski definition) is 2. The summed E-state index contributed by atoms with van der Waals surface area (Å²) in [5.41, 5.74) is -1.27. The first kappa shape index (κ1) is 19.8. The van der Waals surface area contributed by atoms with Crippen LogP contribution in [0, 0.1) is 21.4 Å². The number of aromatic nitrogens is 1. The highest BCUT2D eigenvalue weighted by molar-refractivity contribution is 9.10. The Balaban J connectivity index is 2.02. The van der Waals surface area contributed by atoms with E-state index in [0.717, 1.165) is 16.8 Å². The van der Waals surface area contributed by atoms with Crippen LogP contribution in [0.3, 0.4) is 0 Å². The molecule has 2 rings (SSSR count). The van der Waals surface area contributed by atoms with E-state index in [1.165, 1.54) is 0 Å². The second kappa shape index (κ2) is 8.72. The first-order chi connectivity index (χ1) is 12.8. The second-order valence-corrected chi connectivity index (χ2v) is 6.07. The second-order valence-electron chi connectivity index (χ2n) is 5.22. The number of halogens is 1. The number of pyridine rings is 1. The van der Waals surface area contributed by atoms with Crippen molar-refractivity contribution >= 4 is 39.1 Å². The van der Waals surface area contributed by atoms with Gasteiger partial charge in [0.15, 0.2) is 0 Å². The standard InChI is InChI=1S/C16H12BrN5O5/c17-12-3-1-2-4-13(12)20-14(23)7-19-15(24)9-21-8-11(22(26)27)5-10(6-18)16(21)25/h1-5,8H,7,9H2,(H,19,24)(H,20,23). The number of carbonyl (C=O) groups excluding carboxylic acids is 2. The predicted octanol–water partition coefficient (Wildman–Crippen LogP) is 1.15. The molecule has 0 radical (unpaired) electrons. The third-order valence-corrected chi connectivity index (χ3v) is 4.00. The van der Waals surface area contributed by atoms with E-state index < -0.39 is 40.1 Å². The van der Waals surface area contributed by atoms with Crippen molar-refractivity contribution in [1.29, 1.82) is 5.26 Å². The normalized spacial score (nSPS) is 9.93. The number of hydrogen-bond acceptors (Lipinski definition) is 6. The van der Waals surface area contributed by atoms with Gasteiger partial charge in [-0.05, 0) is 28.1 Å². The molecule has 11 heteroatoms. The van der Waals surface area contributed by atoms with E-state index in [4.69, 9.17) is 5.26 Å². The molecule has 10 nitrogen and oxygen atoms in total. The number of nitriles is 1. The minimum Gasteiger partial charge on any atom is -0.345 e. The van der Waals surface area contributed by atoms with Crippen LogP contribution in [0.15, 0.2) is 45.8 Å². The molecule has 0 spiro atoms. The van der Waals surface area contributed by atoms with Crippen LogP contribution in [0.5, 0.6) is 0 Å². The summed E-state index contributed by atoms with van der Waals surface area (Å²) >= 11 is 3.27. The summed E-state index contributed by atoms with van der Waals surface area (Å²) in [5, 5.41) is 24.6. The molecule has 0 aliphatic carbocycles. The van der Waals surface area contributed by atoms with Crippen molar-refractivity contribution in [2.24, 2.45) is 0 Å². The van der Waals surface area contributed by atoms with Crippen LogP contribution in [0.2, 0.25) is 0 Å². The Bertz CT molecular complexity index is 1010. The van der Waals surface area contributed by atoms with Gasteiger partial charge in [-0.25, -0.2) is 0 Å². The van der Waals surface area contributed by atoms with Crippen LogP contribution in [0.1, 0.15) is 5.56 Å². The Morgan fingerprint density at radius 3 is 2.63 bits per heavy atom. The Morgan fingerprint density at radius 2 is 2.00 bits per heavy atom. The van der Waals surface area contributed by atoms with E-state index in [1.54, 1.807) is 30.3 Å². The van der Waals surface area contributed by atoms with Gasteiger partial charge in [-0.1, -0.05) is 12.1 Å². The molecule has 0 saturated heterocycles. The molecule has 2 amide bonds. The predicted molar refractivity (Wildman–Crippen MR) is 97.9 cm³/mol. The van der Waals surface area contributed by atoms with E-state index in [-0.39, 0.29) is 6.54 Å². The molecular weight excluding hydrogens is 422 g/mol. The molecule has 2 N–H and O–H groups in total. The zero-order valence-electron chi connectivity index (χ0n) is 13.6. The Labute approximate surface area is 160 Å². The number of nitrogens with zero attached hydrogens (tertiary/aromatic N) is 3. The summed E-state index contributed by atoms with van der Waals surface area (Å²) in [5.74, 6) is -1.22. The number of carbonyl (C=O) groups is 2. The van der Waals surface area contributed by atoms with Crippen LogP contribution in [-0.4, -0.2) is 27.8 Å². The molecule has 0 unspecified atom stereocenters. The highest BCUT2D eigenvalue weighted by atomic mass is 79.9. The maximum Gasteiger partial charge on any atom is 0.287 e. The molecule has 0 bridgehead atoms. The van der Waals surface area contributed by atoms with Crippen molar-refractivity contribution in [2.45, 2.75) is 6.54 Å². The minimum atomic E-state index is -0.837. The Morgan fingerprint density at radius 1 is 1.30 bits per heavy atom. The lowest BCUT2D eigenvalue weighted by molar-refractivity contribution is -0.385. The summed E-state index contributed by atoms with van der Waals surface area (Å²) < 4.78 is 1.41. The van der Waals surface area contributed by atoms with Crippen molar-refractivity contribution in [3.8, 4) is 6.07 Å². The maximum atomic E-state index is 12.0. The first-order valence-corrected chi connectivity index (χ1v) is 8.21. The summed E-state index contributed by atoms with van der Waals surface area (Å²) in [6.45, 7) is -0.938. The lowest BCUT2D eigenvalue weighted by atomic mass is 10.2. The number of benzene rings is 1. The van der Waals surface area contributed by atoms with Crippen LogP contribution in [0.4, 0.5) is 11.4 Å².